The van der Waals surface area contributed by atoms with Gasteiger partial charge in [0, 0.05) is 24.1 Å². The zero-order valence-corrected chi connectivity index (χ0v) is 8.93. The van der Waals surface area contributed by atoms with Crippen molar-refractivity contribution in [3.05, 3.63) is 0 Å². The normalized spacial score (nSPS) is 36.4. The third-order valence-corrected chi connectivity index (χ3v) is 4.29. The van der Waals surface area contributed by atoms with Crippen LogP contribution in [0.3, 0.4) is 0 Å². The van der Waals surface area contributed by atoms with E-state index in [1.54, 1.807) is 0 Å². The van der Waals surface area contributed by atoms with E-state index in [0.29, 0.717) is 5.41 Å². The monoisotopic (exact) mass is 195 g/mol. The fourth-order valence-corrected chi connectivity index (χ4v) is 3.25. The first-order valence-electron chi connectivity index (χ1n) is 6.23. The molecule has 14 heavy (non-hydrogen) atoms. The maximum Gasteiger partial charge on any atom is 0.0537 e. The summed E-state index contributed by atoms with van der Waals surface area (Å²) in [6.07, 6.45) is 9.71. The predicted octanol–water partition coefficient (Wildman–Crippen LogP) is 2.09. The van der Waals surface area contributed by atoms with Crippen LogP contribution in [0.4, 0.5) is 0 Å². The lowest BCUT2D eigenvalue weighted by Crippen LogP contribution is -2.51. The highest BCUT2D eigenvalue weighted by Gasteiger charge is 2.44. The summed E-state index contributed by atoms with van der Waals surface area (Å²) in [6.45, 7) is 2.00. The first-order valence-corrected chi connectivity index (χ1v) is 6.23. The van der Waals surface area contributed by atoms with Crippen molar-refractivity contribution in [2.24, 2.45) is 5.41 Å². The Balaban J connectivity index is 1.70. The molecule has 1 aliphatic heterocycles. The van der Waals surface area contributed by atoms with Gasteiger partial charge in [-0.25, -0.2) is 0 Å². The minimum atomic E-state index is 0.529. The van der Waals surface area contributed by atoms with Crippen molar-refractivity contribution in [2.75, 3.05) is 13.2 Å². The maximum absolute atomic E-state index is 5.70. The van der Waals surface area contributed by atoms with Crippen LogP contribution in [-0.4, -0.2) is 25.3 Å². The molecule has 0 aromatic heterocycles. The average Bonchev–Trinajstić information content (AvgIpc) is 2.90. The SMILES string of the molecule is C1CCC2(C1)COCCC2NC1CC1. The van der Waals surface area contributed by atoms with Crippen LogP contribution in [0.2, 0.25) is 0 Å². The smallest absolute Gasteiger partial charge is 0.0537 e. The molecule has 1 spiro atoms. The van der Waals surface area contributed by atoms with Crippen molar-refractivity contribution in [1.82, 2.24) is 5.32 Å². The molecule has 3 aliphatic rings. The van der Waals surface area contributed by atoms with Gasteiger partial charge in [0.15, 0.2) is 0 Å². The number of rotatable bonds is 2. The molecule has 1 atom stereocenters. The second-order valence-corrected chi connectivity index (χ2v) is 5.40. The predicted molar refractivity (Wildman–Crippen MR) is 56.3 cm³/mol. The van der Waals surface area contributed by atoms with Crippen LogP contribution in [-0.2, 0) is 4.74 Å². The second kappa shape index (κ2) is 3.49. The molecule has 0 radical (unpaired) electrons. The van der Waals surface area contributed by atoms with E-state index < -0.39 is 0 Å². The van der Waals surface area contributed by atoms with Gasteiger partial charge in [-0.1, -0.05) is 12.8 Å². The van der Waals surface area contributed by atoms with E-state index in [1.165, 1.54) is 44.9 Å². The van der Waals surface area contributed by atoms with E-state index in [2.05, 4.69) is 5.32 Å². The molecule has 0 aromatic rings. The molecule has 1 heterocycles. The Bertz CT molecular complexity index is 206. The number of nitrogens with one attached hydrogen (secondary N) is 1. The molecular formula is C12H21NO. The Morgan fingerprint density at radius 3 is 2.57 bits per heavy atom. The summed E-state index contributed by atoms with van der Waals surface area (Å²) in [5, 5.41) is 3.85. The molecule has 2 aliphatic carbocycles. The van der Waals surface area contributed by atoms with E-state index in [4.69, 9.17) is 4.74 Å². The lowest BCUT2D eigenvalue weighted by Gasteiger charge is -2.42. The minimum absolute atomic E-state index is 0.529. The molecule has 1 unspecified atom stereocenters. The van der Waals surface area contributed by atoms with Crippen molar-refractivity contribution >= 4 is 0 Å². The quantitative estimate of drug-likeness (QED) is 0.728. The highest BCUT2D eigenvalue weighted by Crippen LogP contribution is 2.45. The van der Waals surface area contributed by atoms with Gasteiger partial charge in [0.2, 0.25) is 0 Å². The molecule has 1 N–H and O–H groups in total. The van der Waals surface area contributed by atoms with E-state index in [0.717, 1.165) is 25.3 Å². The van der Waals surface area contributed by atoms with E-state index in [1.807, 2.05) is 0 Å². The van der Waals surface area contributed by atoms with Crippen molar-refractivity contribution in [3.8, 4) is 0 Å². The first-order chi connectivity index (χ1) is 6.89. The highest BCUT2D eigenvalue weighted by molar-refractivity contribution is 4.99. The van der Waals surface area contributed by atoms with Crippen molar-refractivity contribution in [3.63, 3.8) is 0 Å². The average molecular weight is 195 g/mol. The van der Waals surface area contributed by atoms with E-state index in [-0.39, 0.29) is 0 Å². The van der Waals surface area contributed by atoms with Crippen LogP contribution in [0.15, 0.2) is 0 Å². The third kappa shape index (κ3) is 1.59. The van der Waals surface area contributed by atoms with Crippen molar-refractivity contribution < 1.29 is 4.74 Å². The lowest BCUT2D eigenvalue weighted by molar-refractivity contribution is -0.0303. The van der Waals surface area contributed by atoms with Gasteiger partial charge in [-0.2, -0.15) is 0 Å². The fourth-order valence-electron chi connectivity index (χ4n) is 3.25. The zero-order chi connectivity index (χ0) is 9.43. The summed E-state index contributed by atoms with van der Waals surface area (Å²) >= 11 is 0. The van der Waals surface area contributed by atoms with Gasteiger partial charge in [0.25, 0.3) is 0 Å². The topological polar surface area (TPSA) is 21.3 Å². The van der Waals surface area contributed by atoms with Crippen LogP contribution in [0, 0.1) is 5.41 Å². The molecule has 0 amide bonds. The van der Waals surface area contributed by atoms with Crippen LogP contribution in [0.25, 0.3) is 0 Å². The summed E-state index contributed by atoms with van der Waals surface area (Å²) < 4.78 is 5.70. The summed E-state index contributed by atoms with van der Waals surface area (Å²) in [7, 11) is 0. The molecule has 2 heteroatoms. The van der Waals surface area contributed by atoms with Gasteiger partial charge in [-0.15, -0.1) is 0 Å². The van der Waals surface area contributed by atoms with Gasteiger partial charge in [0.1, 0.15) is 0 Å². The van der Waals surface area contributed by atoms with Gasteiger partial charge in [-0.05, 0) is 32.1 Å². The maximum atomic E-state index is 5.70. The Labute approximate surface area is 86.4 Å². The molecule has 0 aromatic carbocycles. The Hall–Kier alpha value is -0.0800. The van der Waals surface area contributed by atoms with Crippen LogP contribution >= 0.6 is 0 Å². The summed E-state index contributed by atoms with van der Waals surface area (Å²) in [6, 6.07) is 1.63. The molecule has 3 fully saturated rings. The minimum Gasteiger partial charge on any atom is -0.381 e. The third-order valence-electron chi connectivity index (χ3n) is 4.29. The van der Waals surface area contributed by atoms with Crippen molar-refractivity contribution in [1.29, 1.82) is 0 Å². The Morgan fingerprint density at radius 1 is 1.07 bits per heavy atom. The van der Waals surface area contributed by atoms with E-state index in [9.17, 15) is 0 Å². The lowest BCUT2D eigenvalue weighted by atomic mass is 9.76. The van der Waals surface area contributed by atoms with Crippen LogP contribution in [0.5, 0.6) is 0 Å². The fraction of sp³-hybridized carbons (Fsp3) is 1.00. The number of hydrogen-bond acceptors (Lipinski definition) is 2. The molecule has 0 bridgehead atoms. The van der Waals surface area contributed by atoms with E-state index >= 15 is 0 Å². The molecule has 2 saturated carbocycles. The standard InChI is InChI=1S/C12H21NO/c1-2-7-12(6-1)9-14-8-5-11(12)13-10-3-4-10/h10-11,13H,1-9H2. The molecule has 2 nitrogen and oxygen atoms in total. The summed E-state index contributed by atoms with van der Waals surface area (Å²) in [4.78, 5) is 0. The summed E-state index contributed by atoms with van der Waals surface area (Å²) in [5.74, 6) is 0. The molecular weight excluding hydrogens is 174 g/mol. The van der Waals surface area contributed by atoms with Gasteiger partial charge >= 0.3 is 0 Å². The molecule has 3 rings (SSSR count). The van der Waals surface area contributed by atoms with Crippen molar-refractivity contribution in [2.45, 2.75) is 57.0 Å². The van der Waals surface area contributed by atoms with Crippen LogP contribution in [0.1, 0.15) is 44.9 Å². The van der Waals surface area contributed by atoms with Gasteiger partial charge < -0.3 is 10.1 Å². The van der Waals surface area contributed by atoms with Gasteiger partial charge in [0.05, 0.1) is 6.61 Å². The largest absolute Gasteiger partial charge is 0.381 e. The van der Waals surface area contributed by atoms with Crippen LogP contribution < -0.4 is 5.32 Å². The second-order valence-electron chi connectivity index (χ2n) is 5.40. The number of hydrogen-bond donors (Lipinski definition) is 1. The summed E-state index contributed by atoms with van der Waals surface area (Å²) in [5.41, 5.74) is 0.529. The first kappa shape index (κ1) is 9.17. The zero-order valence-electron chi connectivity index (χ0n) is 8.93. The van der Waals surface area contributed by atoms with Gasteiger partial charge in [-0.3, -0.25) is 0 Å². The number of ether oxygens (including phenoxy) is 1. The Kier molecular flexibility index (Phi) is 2.29. The Morgan fingerprint density at radius 2 is 1.86 bits per heavy atom. The molecule has 1 saturated heterocycles. The molecule has 80 valence electrons. The highest BCUT2D eigenvalue weighted by atomic mass is 16.5.